The highest BCUT2D eigenvalue weighted by molar-refractivity contribution is 14.0. The number of benzene rings is 1. The maximum atomic E-state index is 5.30. The summed E-state index contributed by atoms with van der Waals surface area (Å²) in [6.45, 7) is 13.1. The van der Waals surface area contributed by atoms with Crippen LogP contribution in [-0.2, 0) is 17.8 Å². The van der Waals surface area contributed by atoms with E-state index >= 15 is 0 Å². The molecule has 1 aliphatic rings. The first-order chi connectivity index (χ1) is 13.6. The van der Waals surface area contributed by atoms with Gasteiger partial charge in [-0.3, -0.25) is 4.90 Å². The fraction of sp³-hybridized carbons (Fsp3) is 0.696. The van der Waals surface area contributed by atoms with Gasteiger partial charge < -0.3 is 15.4 Å². The molecule has 2 N–H and O–H groups in total. The van der Waals surface area contributed by atoms with E-state index in [0.717, 1.165) is 51.7 Å². The van der Waals surface area contributed by atoms with E-state index in [1.54, 1.807) is 7.11 Å². The van der Waals surface area contributed by atoms with Crippen molar-refractivity contribution >= 4 is 29.9 Å². The van der Waals surface area contributed by atoms with Crippen molar-refractivity contribution in [3.8, 4) is 0 Å². The number of ether oxygens (including phenoxy) is 1. The van der Waals surface area contributed by atoms with Crippen LogP contribution in [0.1, 0.15) is 57.6 Å². The number of guanidine groups is 1. The van der Waals surface area contributed by atoms with Gasteiger partial charge >= 0.3 is 0 Å². The molecule has 0 aliphatic heterocycles. The largest absolute Gasteiger partial charge is 0.385 e. The Morgan fingerprint density at radius 2 is 1.72 bits per heavy atom. The Labute approximate surface area is 195 Å². The number of halogens is 1. The number of hydrogen-bond donors (Lipinski definition) is 2. The zero-order chi connectivity index (χ0) is 20.2. The van der Waals surface area contributed by atoms with Gasteiger partial charge in [0, 0.05) is 33.4 Å². The van der Waals surface area contributed by atoms with Gasteiger partial charge in [-0.05, 0) is 55.8 Å². The van der Waals surface area contributed by atoms with Gasteiger partial charge in [0.2, 0.25) is 0 Å². The summed E-state index contributed by atoms with van der Waals surface area (Å²) in [7, 11) is 1.79. The van der Waals surface area contributed by atoms with Crippen LogP contribution in [0.5, 0.6) is 0 Å². The zero-order valence-electron chi connectivity index (χ0n) is 18.8. The first-order valence-electron chi connectivity index (χ1n) is 11.0. The summed E-state index contributed by atoms with van der Waals surface area (Å²) in [5.74, 6) is 0.915. The molecule has 0 radical (unpaired) electrons. The predicted molar refractivity (Wildman–Crippen MR) is 134 cm³/mol. The molecule has 1 saturated carbocycles. The average Bonchev–Trinajstić information content (AvgIpc) is 2.70. The second-order valence-electron chi connectivity index (χ2n) is 7.92. The summed E-state index contributed by atoms with van der Waals surface area (Å²) in [6, 6.07) is 8.88. The van der Waals surface area contributed by atoms with Gasteiger partial charge in [0.25, 0.3) is 0 Å². The summed E-state index contributed by atoms with van der Waals surface area (Å²) in [4.78, 5) is 7.23. The lowest BCUT2D eigenvalue weighted by Gasteiger charge is -2.42. The highest BCUT2D eigenvalue weighted by Crippen LogP contribution is 2.43. The van der Waals surface area contributed by atoms with Crippen LogP contribution in [0.3, 0.4) is 0 Å². The third kappa shape index (κ3) is 8.80. The molecule has 6 heteroatoms. The third-order valence-corrected chi connectivity index (χ3v) is 5.97. The molecule has 1 fully saturated rings. The van der Waals surface area contributed by atoms with Gasteiger partial charge in [0.1, 0.15) is 0 Å². The number of aliphatic imine (C=N–C) groups is 1. The Kier molecular flexibility index (Phi) is 12.8. The number of hydrogen-bond acceptors (Lipinski definition) is 3. The van der Waals surface area contributed by atoms with Gasteiger partial charge in [-0.1, -0.05) is 44.5 Å². The minimum absolute atomic E-state index is 0. The van der Waals surface area contributed by atoms with E-state index in [2.05, 4.69) is 60.6 Å². The third-order valence-electron chi connectivity index (χ3n) is 5.97. The Morgan fingerprint density at radius 1 is 1.07 bits per heavy atom. The second kappa shape index (κ2) is 14.2. The highest BCUT2D eigenvalue weighted by Gasteiger charge is 2.36. The van der Waals surface area contributed by atoms with E-state index in [9.17, 15) is 0 Å². The number of nitrogens with zero attached hydrogens (tertiary/aromatic N) is 2. The highest BCUT2D eigenvalue weighted by atomic mass is 127. The lowest BCUT2D eigenvalue weighted by Crippen LogP contribution is -2.46. The van der Waals surface area contributed by atoms with E-state index in [4.69, 9.17) is 9.73 Å². The molecule has 0 aromatic heterocycles. The first kappa shape index (κ1) is 26.2. The van der Waals surface area contributed by atoms with Crippen LogP contribution >= 0.6 is 24.0 Å². The summed E-state index contributed by atoms with van der Waals surface area (Å²) in [6.07, 6.45) is 5.04. The molecule has 1 aliphatic carbocycles. The van der Waals surface area contributed by atoms with Crippen LogP contribution < -0.4 is 10.6 Å². The first-order valence-corrected chi connectivity index (χ1v) is 11.0. The van der Waals surface area contributed by atoms with Crippen molar-refractivity contribution in [1.29, 1.82) is 0 Å². The Balaban J connectivity index is 0.00000420. The minimum atomic E-state index is 0. The van der Waals surface area contributed by atoms with Crippen LogP contribution in [-0.4, -0.2) is 50.8 Å². The smallest absolute Gasteiger partial charge is 0.191 e. The Morgan fingerprint density at radius 3 is 2.24 bits per heavy atom. The molecule has 0 saturated heterocycles. The molecule has 166 valence electrons. The molecule has 1 aromatic rings. The van der Waals surface area contributed by atoms with Crippen molar-refractivity contribution in [1.82, 2.24) is 15.5 Å². The molecule has 5 nitrogen and oxygen atoms in total. The van der Waals surface area contributed by atoms with Crippen molar-refractivity contribution in [3.63, 3.8) is 0 Å². The molecular formula is C23H41IN4O. The van der Waals surface area contributed by atoms with Crippen molar-refractivity contribution in [3.05, 3.63) is 35.4 Å². The minimum Gasteiger partial charge on any atom is -0.385 e. The normalized spacial score (nSPS) is 15.6. The SMILES string of the molecule is CCNC(=NCc1ccc(CN(CC)CC)cc1)NCC1(CCOC)CCC1.I. The fourth-order valence-corrected chi connectivity index (χ4v) is 3.75. The molecular weight excluding hydrogens is 475 g/mol. The molecule has 0 amide bonds. The molecule has 1 aromatic carbocycles. The monoisotopic (exact) mass is 516 g/mol. The van der Waals surface area contributed by atoms with Crippen LogP contribution in [0.15, 0.2) is 29.3 Å². The zero-order valence-corrected chi connectivity index (χ0v) is 21.1. The Bertz CT molecular complexity index is 583. The summed E-state index contributed by atoms with van der Waals surface area (Å²) >= 11 is 0. The second-order valence-corrected chi connectivity index (χ2v) is 7.92. The van der Waals surface area contributed by atoms with E-state index < -0.39 is 0 Å². The van der Waals surface area contributed by atoms with Gasteiger partial charge in [0.05, 0.1) is 6.54 Å². The van der Waals surface area contributed by atoms with Gasteiger partial charge in [0.15, 0.2) is 5.96 Å². The summed E-state index contributed by atoms with van der Waals surface area (Å²) in [5, 5.41) is 6.96. The number of nitrogens with one attached hydrogen (secondary N) is 2. The molecule has 0 bridgehead atoms. The number of rotatable bonds is 12. The fourth-order valence-electron chi connectivity index (χ4n) is 3.75. The average molecular weight is 517 g/mol. The van der Waals surface area contributed by atoms with Crippen LogP contribution in [0.4, 0.5) is 0 Å². The van der Waals surface area contributed by atoms with Crippen molar-refractivity contribution in [2.45, 2.75) is 59.5 Å². The predicted octanol–water partition coefficient (Wildman–Crippen LogP) is 4.41. The molecule has 0 heterocycles. The van der Waals surface area contributed by atoms with Gasteiger partial charge in [-0.2, -0.15) is 0 Å². The Hall–Kier alpha value is -0.860. The lowest BCUT2D eigenvalue weighted by molar-refractivity contribution is 0.0732. The summed E-state index contributed by atoms with van der Waals surface area (Å²) in [5.41, 5.74) is 3.00. The van der Waals surface area contributed by atoms with E-state index in [-0.39, 0.29) is 24.0 Å². The molecule has 2 rings (SSSR count). The summed E-state index contributed by atoms with van der Waals surface area (Å²) < 4.78 is 5.30. The lowest BCUT2D eigenvalue weighted by atomic mass is 9.67. The van der Waals surface area contributed by atoms with E-state index in [1.807, 2.05) is 0 Å². The quantitative estimate of drug-likeness (QED) is 0.246. The van der Waals surface area contributed by atoms with Crippen LogP contribution in [0.2, 0.25) is 0 Å². The van der Waals surface area contributed by atoms with Crippen molar-refractivity contribution in [2.24, 2.45) is 10.4 Å². The molecule has 0 atom stereocenters. The van der Waals surface area contributed by atoms with Gasteiger partial charge in [-0.15, -0.1) is 24.0 Å². The molecule has 0 spiro atoms. The van der Waals surface area contributed by atoms with Gasteiger partial charge in [-0.25, -0.2) is 4.99 Å². The van der Waals surface area contributed by atoms with Crippen LogP contribution in [0.25, 0.3) is 0 Å². The van der Waals surface area contributed by atoms with Crippen molar-refractivity contribution in [2.75, 3.05) is 39.9 Å². The van der Waals surface area contributed by atoms with Crippen LogP contribution in [0, 0.1) is 5.41 Å². The number of methoxy groups -OCH3 is 1. The maximum absolute atomic E-state index is 5.30. The standard InChI is InChI=1S/C23H40N4O.HI/c1-5-24-22(26-19-23(13-8-14-23)15-16-28-4)25-17-20-9-11-21(12-10-20)18-27(6-2)7-3;/h9-12H,5-8,13-19H2,1-4H3,(H2,24,25,26);1H. The van der Waals surface area contributed by atoms with E-state index in [1.165, 1.54) is 30.4 Å². The van der Waals surface area contributed by atoms with Crippen molar-refractivity contribution < 1.29 is 4.74 Å². The molecule has 29 heavy (non-hydrogen) atoms. The maximum Gasteiger partial charge on any atom is 0.191 e. The molecule has 0 unspecified atom stereocenters. The topological polar surface area (TPSA) is 48.9 Å². The van der Waals surface area contributed by atoms with E-state index in [0.29, 0.717) is 12.0 Å².